The van der Waals surface area contributed by atoms with Crippen molar-refractivity contribution in [1.29, 1.82) is 0 Å². The highest BCUT2D eigenvalue weighted by Gasteiger charge is 2.29. The topological polar surface area (TPSA) is 47.7 Å². The molecule has 3 aromatic carbocycles. The van der Waals surface area contributed by atoms with Crippen molar-refractivity contribution >= 4 is 52.0 Å². The number of hydrogen-bond acceptors (Lipinski definition) is 2. The molecule has 0 aliphatic carbocycles. The first-order valence-electron chi connectivity index (χ1n) is 12.4. The van der Waals surface area contributed by atoms with Crippen molar-refractivity contribution < 1.29 is 9.53 Å². The fourth-order valence-electron chi connectivity index (χ4n) is 5.29. The second kappa shape index (κ2) is 10.1. The van der Waals surface area contributed by atoms with E-state index in [0.29, 0.717) is 26.4 Å². The molecule has 0 bridgehead atoms. The van der Waals surface area contributed by atoms with Gasteiger partial charge in [-0.1, -0.05) is 46.9 Å². The van der Waals surface area contributed by atoms with E-state index in [9.17, 15) is 4.79 Å². The van der Waals surface area contributed by atoms with E-state index in [1.54, 1.807) is 25.3 Å². The van der Waals surface area contributed by atoms with Gasteiger partial charge in [0.2, 0.25) is 0 Å². The van der Waals surface area contributed by atoms with E-state index in [0.717, 1.165) is 65.2 Å². The standard InChI is InChI=1S/C30H24Cl3N3O2/c1-38-22-12-7-18(8-13-22)26-17-36-28(29(37)34-21-11-14-24(32)25(33)16-21)27(19-5-9-20(31)10-6-19)23-4-2-3-15-35(26)30(23)36/h5-14,16-17H,2-4,15H2,1H3,(H,34,37). The molecule has 0 spiro atoms. The number of ether oxygens (including phenoxy) is 1. The molecule has 0 saturated carbocycles. The number of anilines is 1. The SMILES string of the molecule is COc1ccc(-c2cn3c(C(=O)Nc4ccc(Cl)c(Cl)c4)c(-c4ccc(Cl)cc4)c4c3n2CCCC4)cc1. The number of aryl methyl sites for hydroxylation is 2. The molecule has 2 aromatic heterocycles. The lowest BCUT2D eigenvalue weighted by atomic mass is 9.97. The number of benzene rings is 3. The lowest BCUT2D eigenvalue weighted by Crippen LogP contribution is -2.15. The Kier molecular flexibility index (Phi) is 6.60. The first-order valence-corrected chi connectivity index (χ1v) is 13.5. The zero-order valence-electron chi connectivity index (χ0n) is 20.6. The Morgan fingerprint density at radius 2 is 1.63 bits per heavy atom. The van der Waals surface area contributed by atoms with Crippen LogP contribution in [0.2, 0.25) is 15.1 Å². The van der Waals surface area contributed by atoms with Crippen LogP contribution in [0.15, 0.2) is 72.9 Å². The van der Waals surface area contributed by atoms with E-state index in [1.807, 2.05) is 40.8 Å². The molecule has 1 aliphatic rings. The summed E-state index contributed by atoms with van der Waals surface area (Å²) in [7, 11) is 1.66. The number of amides is 1. The molecule has 192 valence electrons. The first kappa shape index (κ1) is 24.9. The fourth-order valence-corrected chi connectivity index (χ4v) is 5.72. The minimum absolute atomic E-state index is 0.228. The highest BCUT2D eigenvalue weighted by Crippen LogP contribution is 2.40. The Morgan fingerprint density at radius 1 is 0.895 bits per heavy atom. The predicted octanol–water partition coefficient (Wildman–Crippen LogP) is 8.63. The number of nitrogens with one attached hydrogen (secondary N) is 1. The van der Waals surface area contributed by atoms with Gasteiger partial charge in [-0.25, -0.2) is 0 Å². The molecule has 3 heterocycles. The van der Waals surface area contributed by atoms with Crippen molar-refractivity contribution in [2.45, 2.75) is 25.8 Å². The number of imidazole rings is 1. The van der Waals surface area contributed by atoms with E-state index in [4.69, 9.17) is 39.5 Å². The summed E-state index contributed by atoms with van der Waals surface area (Å²) in [5.74, 6) is 0.573. The maximum absolute atomic E-state index is 14.0. The van der Waals surface area contributed by atoms with Crippen LogP contribution in [0.5, 0.6) is 5.75 Å². The summed E-state index contributed by atoms with van der Waals surface area (Å²) in [6.45, 7) is 0.864. The maximum Gasteiger partial charge on any atom is 0.273 e. The normalized spacial score (nSPS) is 12.9. The predicted molar refractivity (Wildman–Crippen MR) is 155 cm³/mol. The van der Waals surface area contributed by atoms with Crippen LogP contribution in [-0.2, 0) is 13.0 Å². The van der Waals surface area contributed by atoms with Gasteiger partial charge in [0.05, 0.1) is 22.8 Å². The molecule has 6 rings (SSSR count). The second-order valence-corrected chi connectivity index (χ2v) is 10.6. The number of halogens is 3. The minimum Gasteiger partial charge on any atom is -0.497 e. The number of hydrogen-bond donors (Lipinski definition) is 1. The number of rotatable bonds is 5. The van der Waals surface area contributed by atoms with Gasteiger partial charge in [0.15, 0.2) is 0 Å². The van der Waals surface area contributed by atoms with Crippen LogP contribution >= 0.6 is 34.8 Å². The molecule has 5 aromatic rings. The Bertz CT molecular complexity index is 1670. The van der Waals surface area contributed by atoms with Gasteiger partial charge in [-0.15, -0.1) is 0 Å². The van der Waals surface area contributed by atoms with E-state index in [-0.39, 0.29) is 5.91 Å². The van der Waals surface area contributed by atoms with Crippen LogP contribution in [0.25, 0.3) is 28.0 Å². The number of aromatic nitrogens is 2. The Labute approximate surface area is 235 Å². The highest BCUT2D eigenvalue weighted by atomic mass is 35.5. The molecular formula is C30H24Cl3N3O2. The Hall–Kier alpha value is -3.38. The summed E-state index contributed by atoms with van der Waals surface area (Å²) in [6.07, 6.45) is 5.01. The third-order valence-electron chi connectivity index (χ3n) is 7.05. The summed E-state index contributed by atoms with van der Waals surface area (Å²) in [6, 6.07) is 20.8. The molecule has 1 amide bonds. The lowest BCUT2D eigenvalue weighted by Gasteiger charge is -2.11. The number of carbonyl (C=O) groups excluding carboxylic acids is 1. The molecule has 1 N–H and O–H groups in total. The van der Waals surface area contributed by atoms with Crippen molar-refractivity contribution in [3.05, 3.63) is 99.3 Å². The molecule has 0 fully saturated rings. The molecule has 5 nitrogen and oxygen atoms in total. The molecule has 0 atom stereocenters. The quantitative estimate of drug-likeness (QED) is 0.232. The van der Waals surface area contributed by atoms with Gasteiger partial charge in [-0.05, 0) is 85.0 Å². The van der Waals surface area contributed by atoms with Gasteiger partial charge in [-0.3, -0.25) is 9.20 Å². The number of carbonyl (C=O) groups is 1. The van der Waals surface area contributed by atoms with Crippen LogP contribution in [0.4, 0.5) is 5.69 Å². The van der Waals surface area contributed by atoms with Gasteiger partial charge in [-0.2, -0.15) is 0 Å². The third-order valence-corrected chi connectivity index (χ3v) is 8.04. The zero-order valence-corrected chi connectivity index (χ0v) is 22.9. The molecule has 0 saturated heterocycles. The summed E-state index contributed by atoms with van der Waals surface area (Å²) < 4.78 is 9.73. The fraction of sp³-hybridized carbons (Fsp3) is 0.167. The van der Waals surface area contributed by atoms with Gasteiger partial charge in [0, 0.05) is 34.6 Å². The van der Waals surface area contributed by atoms with Crippen molar-refractivity contribution in [2.24, 2.45) is 0 Å². The molecule has 8 heteroatoms. The van der Waals surface area contributed by atoms with Gasteiger partial charge < -0.3 is 14.6 Å². The van der Waals surface area contributed by atoms with Gasteiger partial charge >= 0.3 is 0 Å². The first-order chi connectivity index (χ1) is 18.4. The third kappa shape index (κ3) is 4.35. The van der Waals surface area contributed by atoms with E-state index < -0.39 is 0 Å². The van der Waals surface area contributed by atoms with E-state index in [2.05, 4.69) is 28.2 Å². The Balaban J connectivity index is 1.58. The molecule has 0 unspecified atom stereocenters. The molecule has 1 aliphatic heterocycles. The summed E-state index contributed by atoms with van der Waals surface area (Å²) in [4.78, 5) is 14.0. The summed E-state index contributed by atoms with van der Waals surface area (Å²) >= 11 is 18.6. The number of nitrogens with zero attached hydrogens (tertiary/aromatic N) is 2. The van der Waals surface area contributed by atoms with Crippen LogP contribution < -0.4 is 10.1 Å². The van der Waals surface area contributed by atoms with Crippen LogP contribution in [-0.4, -0.2) is 22.0 Å². The zero-order chi connectivity index (χ0) is 26.4. The summed E-state index contributed by atoms with van der Waals surface area (Å²) in [5.41, 5.74) is 7.33. The largest absolute Gasteiger partial charge is 0.497 e. The molecular weight excluding hydrogens is 541 g/mol. The van der Waals surface area contributed by atoms with Crippen molar-refractivity contribution in [3.63, 3.8) is 0 Å². The van der Waals surface area contributed by atoms with Crippen molar-refractivity contribution in [3.8, 4) is 28.1 Å². The highest BCUT2D eigenvalue weighted by molar-refractivity contribution is 6.42. The van der Waals surface area contributed by atoms with Crippen molar-refractivity contribution in [2.75, 3.05) is 12.4 Å². The van der Waals surface area contributed by atoms with E-state index in [1.165, 1.54) is 0 Å². The van der Waals surface area contributed by atoms with Crippen LogP contribution in [0, 0.1) is 0 Å². The minimum atomic E-state index is -0.228. The van der Waals surface area contributed by atoms with Gasteiger partial charge in [0.25, 0.3) is 5.91 Å². The van der Waals surface area contributed by atoms with Gasteiger partial charge in [0.1, 0.15) is 17.1 Å². The maximum atomic E-state index is 14.0. The summed E-state index contributed by atoms with van der Waals surface area (Å²) in [5, 5.41) is 4.50. The second-order valence-electron chi connectivity index (χ2n) is 9.34. The number of methoxy groups -OCH3 is 1. The van der Waals surface area contributed by atoms with E-state index >= 15 is 0 Å². The smallest absolute Gasteiger partial charge is 0.273 e. The average molecular weight is 565 g/mol. The lowest BCUT2D eigenvalue weighted by molar-refractivity contribution is 0.102. The van der Waals surface area contributed by atoms with Crippen LogP contribution in [0.1, 0.15) is 28.9 Å². The van der Waals surface area contributed by atoms with Crippen LogP contribution in [0.3, 0.4) is 0 Å². The molecule has 38 heavy (non-hydrogen) atoms. The monoisotopic (exact) mass is 563 g/mol. The Morgan fingerprint density at radius 3 is 2.34 bits per heavy atom. The average Bonchev–Trinajstić information content (AvgIpc) is 3.34. The van der Waals surface area contributed by atoms with Crippen molar-refractivity contribution in [1.82, 2.24) is 8.97 Å². The molecule has 0 radical (unpaired) electrons.